The zero-order chi connectivity index (χ0) is 20.2. The van der Waals surface area contributed by atoms with Gasteiger partial charge in [0.15, 0.2) is 11.7 Å². The first-order valence-corrected chi connectivity index (χ1v) is 10.00. The van der Waals surface area contributed by atoms with E-state index in [4.69, 9.17) is 17.0 Å². The molecule has 0 atom stereocenters. The van der Waals surface area contributed by atoms with Crippen LogP contribution in [0.25, 0.3) is 10.8 Å². The Balaban J connectivity index is 1.66. The van der Waals surface area contributed by atoms with Crippen LogP contribution in [0.2, 0.25) is 0 Å². The predicted molar refractivity (Wildman–Crippen MR) is 115 cm³/mol. The van der Waals surface area contributed by atoms with E-state index in [1.807, 2.05) is 42.5 Å². The number of rotatable bonds is 9. The van der Waals surface area contributed by atoms with Gasteiger partial charge in [-0.15, -0.1) is 0 Å². The molecule has 0 fully saturated rings. The third kappa shape index (κ3) is 7.52. The number of ether oxygens (including phenoxy) is 1. The summed E-state index contributed by atoms with van der Waals surface area (Å²) in [6.45, 7) is 1.98. The first-order valence-electron chi connectivity index (χ1n) is 9.59. The molecule has 0 aromatic heterocycles. The van der Waals surface area contributed by atoms with E-state index in [2.05, 4.69) is 23.1 Å². The summed E-state index contributed by atoms with van der Waals surface area (Å²) < 4.78 is 5.60. The van der Waals surface area contributed by atoms with Crippen molar-refractivity contribution in [1.82, 2.24) is 16.2 Å². The average molecular weight is 402 g/mol. The molecule has 0 unspecified atom stereocenters. The van der Waals surface area contributed by atoms with Crippen molar-refractivity contribution in [3.05, 3.63) is 42.5 Å². The van der Waals surface area contributed by atoms with E-state index in [1.165, 1.54) is 12.8 Å². The predicted octanol–water partition coefficient (Wildman–Crippen LogP) is 3.60. The minimum atomic E-state index is -0.399. The molecule has 0 aliphatic rings. The van der Waals surface area contributed by atoms with E-state index in [1.54, 1.807) is 0 Å². The maximum Gasteiger partial charge on any atom is 0.276 e. The normalized spacial score (nSPS) is 10.3. The molecule has 0 spiro atoms. The number of benzene rings is 2. The number of carbonyl (C=O) groups is 2. The van der Waals surface area contributed by atoms with Crippen LogP contribution < -0.4 is 20.9 Å². The largest absolute Gasteiger partial charge is 0.483 e. The Morgan fingerprint density at radius 2 is 1.68 bits per heavy atom. The van der Waals surface area contributed by atoms with Gasteiger partial charge >= 0.3 is 0 Å². The highest BCUT2D eigenvalue weighted by molar-refractivity contribution is 7.80. The van der Waals surface area contributed by atoms with Crippen molar-refractivity contribution in [2.24, 2.45) is 0 Å². The van der Waals surface area contributed by atoms with Gasteiger partial charge in [-0.2, -0.15) is 0 Å². The lowest BCUT2D eigenvalue weighted by Gasteiger charge is -2.12. The van der Waals surface area contributed by atoms with Crippen molar-refractivity contribution in [1.29, 1.82) is 0 Å². The molecule has 2 rings (SSSR count). The SMILES string of the molecule is CCCCCCCC(=O)NC(=S)NNC(=O)COc1cccc2ccccc12. The molecule has 0 aliphatic carbocycles. The zero-order valence-corrected chi connectivity index (χ0v) is 16.9. The highest BCUT2D eigenvalue weighted by Crippen LogP contribution is 2.24. The number of unbranched alkanes of at least 4 members (excludes halogenated alkanes) is 4. The summed E-state index contributed by atoms with van der Waals surface area (Å²) in [5.41, 5.74) is 4.94. The minimum absolute atomic E-state index is 0.0667. The number of thiocarbonyl (C=S) groups is 1. The molecule has 3 N–H and O–H groups in total. The fourth-order valence-corrected chi connectivity index (χ4v) is 2.90. The third-order valence-corrected chi connectivity index (χ3v) is 4.39. The van der Waals surface area contributed by atoms with E-state index < -0.39 is 5.91 Å². The van der Waals surface area contributed by atoms with Crippen LogP contribution in [0.1, 0.15) is 45.4 Å². The lowest BCUT2D eigenvalue weighted by molar-refractivity contribution is -0.124. The highest BCUT2D eigenvalue weighted by atomic mass is 32.1. The molecule has 0 saturated carbocycles. The number of hydrogen-bond donors (Lipinski definition) is 3. The lowest BCUT2D eigenvalue weighted by atomic mass is 10.1. The van der Waals surface area contributed by atoms with Crippen LogP contribution in [0.4, 0.5) is 0 Å². The van der Waals surface area contributed by atoms with Crippen LogP contribution in [0.3, 0.4) is 0 Å². The number of nitrogens with one attached hydrogen (secondary N) is 3. The summed E-state index contributed by atoms with van der Waals surface area (Å²) >= 11 is 5.01. The van der Waals surface area contributed by atoms with Crippen molar-refractivity contribution in [3.63, 3.8) is 0 Å². The van der Waals surface area contributed by atoms with E-state index in [0.29, 0.717) is 12.2 Å². The molecular weight excluding hydrogens is 374 g/mol. The van der Waals surface area contributed by atoms with Crippen molar-refractivity contribution >= 4 is 39.9 Å². The first kappa shape index (κ1) is 21.6. The van der Waals surface area contributed by atoms with E-state index in [-0.39, 0.29) is 17.6 Å². The van der Waals surface area contributed by atoms with Gasteiger partial charge in [0, 0.05) is 11.8 Å². The van der Waals surface area contributed by atoms with Gasteiger partial charge in [-0.25, -0.2) is 0 Å². The third-order valence-electron chi connectivity index (χ3n) is 4.18. The molecule has 150 valence electrons. The Hall–Kier alpha value is -2.67. The van der Waals surface area contributed by atoms with Crippen LogP contribution in [0.15, 0.2) is 42.5 Å². The molecule has 0 saturated heterocycles. The number of hydrazine groups is 1. The van der Waals surface area contributed by atoms with Gasteiger partial charge < -0.3 is 10.1 Å². The molecule has 2 aromatic rings. The molecule has 0 aliphatic heterocycles. The van der Waals surface area contributed by atoms with Gasteiger partial charge in [-0.05, 0) is 30.1 Å². The molecule has 7 heteroatoms. The van der Waals surface area contributed by atoms with Crippen LogP contribution in [0.5, 0.6) is 5.75 Å². The summed E-state index contributed by atoms with van der Waals surface area (Å²) in [6.07, 6.45) is 5.78. The number of carbonyl (C=O) groups excluding carboxylic acids is 2. The summed E-state index contributed by atoms with van der Waals surface area (Å²) in [5.74, 6) is 0.0755. The Bertz CT molecular complexity index is 805. The fourth-order valence-electron chi connectivity index (χ4n) is 2.74. The zero-order valence-electron chi connectivity index (χ0n) is 16.1. The summed E-state index contributed by atoms with van der Waals surface area (Å²) in [7, 11) is 0. The van der Waals surface area contributed by atoms with Gasteiger partial charge in [0.25, 0.3) is 5.91 Å². The maximum absolute atomic E-state index is 11.9. The van der Waals surface area contributed by atoms with Crippen molar-refractivity contribution < 1.29 is 14.3 Å². The Morgan fingerprint density at radius 3 is 2.50 bits per heavy atom. The second-order valence-electron chi connectivity index (χ2n) is 6.48. The van der Waals surface area contributed by atoms with Gasteiger partial charge in [0.1, 0.15) is 5.75 Å². The second-order valence-corrected chi connectivity index (χ2v) is 6.89. The summed E-state index contributed by atoms with van der Waals surface area (Å²) in [6, 6.07) is 13.5. The number of fused-ring (bicyclic) bond motifs is 1. The molecule has 2 aromatic carbocycles. The highest BCUT2D eigenvalue weighted by Gasteiger charge is 2.08. The van der Waals surface area contributed by atoms with Crippen molar-refractivity contribution in [2.75, 3.05) is 6.61 Å². The van der Waals surface area contributed by atoms with Crippen LogP contribution in [-0.4, -0.2) is 23.5 Å². The summed E-state index contributed by atoms with van der Waals surface area (Å²) in [4.78, 5) is 23.7. The fraction of sp³-hybridized carbons (Fsp3) is 0.381. The van der Waals surface area contributed by atoms with Crippen molar-refractivity contribution in [2.45, 2.75) is 45.4 Å². The van der Waals surface area contributed by atoms with E-state index >= 15 is 0 Å². The van der Waals surface area contributed by atoms with E-state index in [9.17, 15) is 9.59 Å². The molecular formula is C21H27N3O3S. The standard InChI is InChI=1S/C21H27N3O3S/c1-2-3-4-5-6-14-19(25)22-21(28)24-23-20(26)15-27-18-13-9-11-16-10-7-8-12-17(16)18/h7-13H,2-6,14-15H2,1H3,(H,23,26)(H2,22,24,25,28). The van der Waals surface area contributed by atoms with Crippen LogP contribution >= 0.6 is 12.2 Å². The number of amides is 2. The van der Waals surface area contributed by atoms with Gasteiger partial charge in [0.2, 0.25) is 5.91 Å². The number of hydrogen-bond acceptors (Lipinski definition) is 4. The first-order chi connectivity index (χ1) is 13.6. The average Bonchev–Trinajstić information content (AvgIpc) is 2.70. The molecule has 28 heavy (non-hydrogen) atoms. The van der Waals surface area contributed by atoms with E-state index in [0.717, 1.165) is 30.0 Å². The van der Waals surface area contributed by atoms with Gasteiger partial charge in [0.05, 0.1) is 0 Å². The monoisotopic (exact) mass is 401 g/mol. The van der Waals surface area contributed by atoms with Gasteiger partial charge in [-0.1, -0.05) is 69.0 Å². The maximum atomic E-state index is 11.9. The molecule has 0 radical (unpaired) electrons. The Labute approximate surface area is 171 Å². The quantitative estimate of drug-likeness (QED) is 0.340. The van der Waals surface area contributed by atoms with Crippen LogP contribution in [-0.2, 0) is 9.59 Å². The molecule has 0 bridgehead atoms. The topological polar surface area (TPSA) is 79.5 Å². The minimum Gasteiger partial charge on any atom is -0.483 e. The van der Waals surface area contributed by atoms with Crippen LogP contribution in [0, 0.1) is 0 Å². The molecule has 0 heterocycles. The Kier molecular flexibility index (Phi) is 9.21. The summed E-state index contributed by atoms with van der Waals surface area (Å²) in [5, 5.41) is 4.59. The molecule has 6 nitrogen and oxygen atoms in total. The smallest absolute Gasteiger partial charge is 0.276 e. The van der Waals surface area contributed by atoms with Crippen molar-refractivity contribution in [3.8, 4) is 5.75 Å². The Morgan fingerprint density at radius 1 is 0.929 bits per heavy atom. The second kappa shape index (κ2) is 11.9. The van der Waals surface area contributed by atoms with Gasteiger partial charge in [-0.3, -0.25) is 20.4 Å². The lowest BCUT2D eigenvalue weighted by Crippen LogP contribution is -2.49. The molecule has 2 amide bonds.